The Bertz CT molecular complexity index is 1160. The van der Waals surface area contributed by atoms with E-state index in [1.165, 1.54) is 12.3 Å². The number of furan rings is 1. The number of ketones is 1. The standard InChI is InChI=1S/C28H38O7/c1-7-14(2)21(30)16-13-33-23-15(16)12-17(29)20-22(31)25-27(5)10-8-18(26(3,4)32)34-19(27)9-11-28(25,6)35-24(20)23/h12-14,18-19,22,25,29,31-32H,7-11H2,1-6H3. The van der Waals surface area contributed by atoms with Crippen LogP contribution in [0.1, 0.15) is 95.7 Å². The van der Waals surface area contributed by atoms with E-state index in [0.717, 1.165) is 12.8 Å². The first-order valence-corrected chi connectivity index (χ1v) is 12.9. The van der Waals surface area contributed by atoms with E-state index >= 15 is 0 Å². The summed E-state index contributed by atoms with van der Waals surface area (Å²) in [6.07, 6.45) is 3.55. The Morgan fingerprint density at radius 2 is 1.97 bits per heavy atom. The lowest BCUT2D eigenvalue weighted by molar-refractivity contribution is -0.256. The SMILES string of the molecule is CCC(C)C(=O)c1coc2c3c(c(O)cc12)C(O)C1C(C)(CCC2OC(C(C)(C)O)CCC21C)O3. The highest BCUT2D eigenvalue weighted by Crippen LogP contribution is 2.63. The van der Waals surface area contributed by atoms with Crippen LogP contribution in [0.25, 0.3) is 11.0 Å². The zero-order valence-electron chi connectivity index (χ0n) is 21.6. The van der Waals surface area contributed by atoms with Crippen LogP contribution in [0.2, 0.25) is 0 Å². The Labute approximate surface area is 206 Å². The molecule has 3 aliphatic rings. The molecule has 7 unspecified atom stereocenters. The van der Waals surface area contributed by atoms with Gasteiger partial charge in [-0.3, -0.25) is 4.79 Å². The second kappa shape index (κ2) is 7.95. The first-order valence-electron chi connectivity index (χ1n) is 12.9. The fraction of sp³-hybridized carbons (Fsp3) is 0.679. The maximum atomic E-state index is 12.9. The summed E-state index contributed by atoms with van der Waals surface area (Å²) < 4.78 is 18.9. The molecule has 7 heteroatoms. The average molecular weight is 487 g/mol. The van der Waals surface area contributed by atoms with Gasteiger partial charge in [0.05, 0.1) is 35.0 Å². The van der Waals surface area contributed by atoms with Crippen molar-refractivity contribution in [3.63, 3.8) is 0 Å². The number of benzene rings is 1. The van der Waals surface area contributed by atoms with Crippen molar-refractivity contribution >= 4 is 16.8 Å². The molecule has 7 nitrogen and oxygen atoms in total. The molecule has 2 aliphatic heterocycles. The smallest absolute Gasteiger partial charge is 0.177 e. The van der Waals surface area contributed by atoms with E-state index in [1.807, 2.05) is 20.8 Å². The molecule has 0 bridgehead atoms. The second-order valence-electron chi connectivity index (χ2n) is 12.0. The van der Waals surface area contributed by atoms with Crippen LogP contribution in [-0.4, -0.2) is 44.5 Å². The Morgan fingerprint density at radius 3 is 2.63 bits per heavy atom. The van der Waals surface area contributed by atoms with Crippen molar-refractivity contribution in [2.45, 2.75) is 103 Å². The number of aliphatic hydroxyl groups is 2. The first kappa shape index (κ1) is 24.6. The number of fused-ring (bicyclic) bond motifs is 6. The normalized spacial score (nSPS) is 35.5. The maximum absolute atomic E-state index is 12.9. The molecule has 2 aromatic rings. The number of aromatic hydroxyl groups is 1. The molecule has 5 rings (SSSR count). The van der Waals surface area contributed by atoms with E-state index in [0.29, 0.717) is 47.1 Å². The van der Waals surface area contributed by atoms with Crippen molar-refractivity contribution in [3.8, 4) is 11.5 Å². The summed E-state index contributed by atoms with van der Waals surface area (Å²) in [6.45, 7) is 11.5. The number of carbonyl (C=O) groups is 1. The number of phenolic OH excluding ortho intramolecular Hbond substituents is 1. The Morgan fingerprint density at radius 1 is 1.26 bits per heavy atom. The van der Waals surface area contributed by atoms with E-state index in [4.69, 9.17) is 13.9 Å². The number of aliphatic hydroxyl groups excluding tert-OH is 1. The van der Waals surface area contributed by atoms with Crippen molar-refractivity contribution in [1.29, 1.82) is 0 Å². The van der Waals surface area contributed by atoms with Gasteiger partial charge in [0.15, 0.2) is 17.1 Å². The lowest BCUT2D eigenvalue weighted by Crippen LogP contribution is -2.64. The van der Waals surface area contributed by atoms with Gasteiger partial charge in [-0.05, 0) is 58.9 Å². The second-order valence-corrected chi connectivity index (χ2v) is 12.0. The van der Waals surface area contributed by atoms with Gasteiger partial charge in [-0.15, -0.1) is 0 Å². The molecule has 3 heterocycles. The lowest BCUT2D eigenvalue weighted by atomic mass is 9.53. The number of carbonyl (C=O) groups excluding carboxylic acids is 1. The Kier molecular flexibility index (Phi) is 5.59. The maximum Gasteiger partial charge on any atom is 0.177 e. The predicted molar refractivity (Wildman–Crippen MR) is 131 cm³/mol. The first-order chi connectivity index (χ1) is 16.3. The van der Waals surface area contributed by atoms with Crippen molar-refractivity contribution in [3.05, 3.63) is 23.5 Å². The lowest BCUT2D eigenvalue weighted by Gasteiger charge is -2.61. The summed E-state index contributed by atoms with van der Waals surface area (Å²) in [4.78, 5) is 12.9. The van der Waals surface area contributed by atoms with Gasteiger partial charge in [0, 0.05) is 22.6 Å². The zero-order chi connectivity index (χ0) is 25.5. The zero-order valence-corrected chi connectivity index (χ0v) is 21.6. The molecule has 0 radical (unpaired) electrons. The number of Topliss-reactive ketones (excluding diaryl/α,β-unsaturated/α-hetero) is 1. The van der Waals surface area contributed by atoms with E-state index in [2.05, 4.69) is 6.92 Å². The van der Waals surface area contributed by atoms with Crippen LogP contribution in [0, 0.1) is 17.3 Å². The van der Waals surface area contributed by atoms with Crippen LogP contribution in [0.4, 0.5) is 0 Å². The van der Waals surface area contributed by atoms with Crippen molar-refractivity contribution in [2.24, 2.45) is 17.3 Å². The monoisotopic (exact) mass is 486 g/mol. The summed E-state index contributed by atoms with van der Waals surface area (Å²) in [6, 6.07) is 1.52. The topological polar surface area (TPSA) is 109 Å². The third-order valence-electron chi connectivity index (χ3n) is 9.18. The minimum atomic E-state index is -0.998. The fourth-order valence-corrected chi connectivity index (χ4v) is 6.95. The summed E-state index contributed by atoms with van der Waals surface area (Å²) in [5.74, 6) is -0.319. The van der Waals surface area contributed by atoms with Gasteiger partial charge in [-0.25, -0.2) is 0 Å². The molecule has 1 saturated carbocycles. The van der Waals surface area contributed by atoms with Crippen LogP contribution in [0.15, 0.2) is 16.7 Å². The van der Waals surface area contributed by atoms with Gasteiger partial charge in [-0.1, -0.05) is 20.8 Å². The molecular formula is C28H38O7. The molecule has 35 heavy (non-hydrogen) atoms. The van der Waals surface area contributed by atoms with Crippen molar-refractivity contribution in [2.75, 3.05) is 0 Å². The summed E-state index contributed by atoms with van der Waals surface area (Å²) in [5.41, 5.74) is -0.942. The van der Waals surface area contributed by atoms with Crippen LogP contribution in [0.5, 0.6) is 11.5 Å². The third-order valence-corrected chi connectivity index (χ3v) is 9.18. The van der Waals surface area contributed by atoms with Crippen LogP contribution < -0.4 is 4.74 Å². The molecule has 192 valence electrons. The molecule has 0 amide bonds. The number of hydrogen-bond donors (Lipinski definition) is 3. The van der Waals surface area contributed by atoms with Crippen LogP contribution in [-0.2, 0) is 4.74 Å². The molecule has 1 aliphatic carbocycles. The Hall–Kier alpha value is -2.09. The van der Waals surface area contributed by atoms with Crippen LogP contribution >= 0.6 is 0 Å². The minimum Gasteiger partial charge on any atom is -0.507 e. The van der Waals surface area contributed by atoms with E-state index in [9.17, 15) is 20.1 Å². The van der Waals surface area contributed by atoms with Crippen molar-refractivity contribution < 1.29 is 34.0 Å². The molecular weight excluding hydrogens is 448 g/mol. The number of ether oxygens (including phenoxy) is 2. The van der Waals surface area contributed by atoms with Gasteiger partial charge in [0.2, 0.25) is 0 Å². The summed E-state index contributed by atoms with van der Waals surface area (Å²) in [5, 5.41) is 33.9. The predicted octanol–water partition coefficient (Wildman–Crippen LogP) is 5.29. The van der Waals surface area contributed by atoms with Gasteiger partial charge in [0.25, 0.3) is 0 Å². The molecule has 3 N–H and O–H groups in total. The molecule has 1 aromatic heterocycles. The molecule has 1 saturated heterocycles. The fourth-order valence-electron chi connectivity index (χ4n) is 6.95. The highest BCUT2D eigenvalue weighted by molar-refractivity contribution is 6.09. The Balaban J connectivity index is 1.58. The minimum absolute atomic E-state index is 0.0419. The molecule has 7 atom stereocenters. The third kappa shape index (κ3) is 3.53. The molecule has 0 spiro atoms. The quantitative estimate of drug-likeness (QED) is 0.504. The van der Waals surface area contributed by atoms with Crippen molar-refractivity contribution in [1.82, 2.24) is 0 Å². The number of hydrogen-bond acceptors (Lipinski definition) is 7. The van der Waals surface area contributed by atoms with E-state index < -0.39 is 22.7 Å². The highest BCUT2D eigenvalue weighted by atomic mass is 16.5. The van der Waals surface area contributed by atoms with Crippen LogP contribution in [0.3, 0.4) is 0 Å². The number of rotatable bonds is 4. The largest absolute Gasteiger partial charge is 0.507 e. The van der Waals surface area contributed by atoms with Gasteiger partial charge in [0.1, 0.15) is 17.6 Å². The van der Waals surface area contributed by atoms with Gasteiger partial charge < -0.3 is 29.2 Å². The van der Waals surface area contributed by atoms with E-state index in [-0.39, 0.29) is 35.6 Å². The highest BCUT2D eigenvalue weighted by Gasteiger charge is 2.63. The van der Waals surface area contributed by atoms with Gasteiger partial charge in [-0.2, -0.15) is 0 Å². The summed E-state index contributed by atoms with van der Waals surface area (Å²) in [7, 11) is 0. The van der Waals surface area contributed by atoms with Gasteiger partial charge >= 0.3 is 0 Å². The average Bonchev–Trinajstić information content (AvgIpc) is 3.19. The molecule has 2 fully saturated rings. The molecule has 1 aromatic carbocycles. The summed E-state index contributed by atoms with van der Waals surface area (Å²) >= 11 is 0. The number of phenols is 1. The van der Waals surface area contributed by atoms with E-state index in [1.54, 1.807) is 13.8 Å².